The summed E-state index contributed by atoms with van der Waals surface area (Å²) >= 11 is 1.89. The second-order valence-electron chi connectivity index (χ2n) is 7.50. The number of hydrogen-bond donors (Lipinski definition) is 3. The van der Waals surface area contributed by atoms with Crippen LogP contribution in [0.4, 0.5) is 5.00 Å². The van der Waals surface area contributed by atoms with Gasteiger partial charge in [-0.25, -0.2) is 0 Å². The summed E-state index contributed by atoms with van der Waals surface area (Å²) in [4.78, 5) is 3.74. The summed E-state index contributed by atoms with van der Waals surface area (Å²) in [6, 6.07) is 0.0520. The molecule has 1 aliphatic carbocycles. The number of amidine groups is 1. The Labute approximate surface area is 145 Å². The maximum absolute atomic E-state index is 6.04. The molecule has 5 rings (SSSR count). The van der Waals surface area contributed by atoms with E-state index in [2.05, 4.69) is 52.1 Å². The van der Waals surface area contributed by atoms with E-state index in [4.69, 9.17) is 4.74 Å². The molecule has 1 aromatic rings. The fourth-order valence-electron chi connectivity index (χ4n) is 3.97. The van der Waals surface area contributed by atoms with Crippen LogP contribution in [0.5, 0.6) is 0 Å². The molecule has 6 nitrogen and oxygen atoms in total. The number of hydrazone groups is 1. The van der Waals surface area contributed by atoms with Gasteiger partial charge in [-0.15, -0.1) is 11.3 Å². The third kappa shape index (κ3) is 2.23. The highest BCUT2D eigenvalue weighted by Gasteiger charge is 2.43. The summed E-state index contributed by atoms with van der Waals surface area (Å²) in [7, 11) is 0. The third-order valence-corrected chi connectivity index (χ3v) is 6.40. The van der Waals surface area contributed by atoms with Crippen LogP contribution in [0.1, 0.15) is 36.3 Å². The van der Waals surface area contributed by atoms with E-state index in [9.17, 15) is 0 Å². The Morgan fingerprint density at radius 3 is 3.12 bits per heavy atom. The fraction of sp³-hybridized carbons (Fsp3) is 0.588. The summed E-state index contributed by atoms with van der Waals surface area (Å²) in [5.41, 5.74) is 6.12. The Kier molecular flexibility index (Phi) is 3.28. The Morgan fingerprint density at radius 1 is 1.38 bits per heavy atom. The zero-order chi connectivity index (χ0) is 16.3. The first-order valence-corrected chi connectivity index (χ1v) is 9.46. The van der Waals surface area contributed by atoms with Crippen molar-refractivity contribution >= 4 is 28.2 Å². The van der Waals surface area contributed by atoms with E-state index in [0.29, 0.717) is 0 Å². The predicted octanol–water partition coefficient (Wildman–Crippen LogP) is 1.58. The molecule has 2 unspecified atom stereocenters. The molecule has 7 heteroatoms. The van der Waals surface area contributed by atoms with E-state index >= 15 is 0 Å². The predicted molar refractivity (Wildman–Crippen MR) is 97.2 cm³/mol. The molecule has 4 aliphatic rings. The van der Waals surface area contributed by atoms with E-state index < -0.39 is 0 Å². The second-order valence-corrected chi connectivity index (χ2v) is 8.53. The van der Waals surface area contributed by atoms with E-state index in [1.807, 2.05) is 11.3 Å². The molecule has 3 N–H and O–H groups in total. The molecule has 4 heterocycles. The number of rotatable bonds is 1. The quantitative estimate of drug-likeness (QED) is 0.721. The molecule has 1 aromatic heterocycles. The largest absolute Gasteiger partial charge is 0.359 e. The molecular formula is C17H23N5OS. The van der Waals surface area contributed by atoms with Crippen LogP contribution in [0.15, 0.2) is 11.2 Å². The minimum Gasteiger partial charge on any atom is -0.359 e. The summed E-state index contributed by atoms with van der Waals surface area (Å²) < 4.78 is 6.04. The number of allylic oxidation sites excluding steroid dienone is 1. The zero-order valence-corrected chi connectivity index (χ0v) is 14.9. The van der Waals surface area contributed by atoms with Gasteiger partial charge in [-0.05, 0) is 38.3 Å². The number of anilines is 1. The van der Waals surface area contributed by atoms with Crippen LogP contribution >= 0.6 is 11.3 Å². The molecule has 1 fully saturated rings. The van der Waals surface area contributed by atoms with Crippen molar-refractivity contribution in [3.63, 3.8) is 0 Å². The molecule has 3 aliphatic heterocycles. The summed E-state index contributed by atoms with van der Waals surface area (Å²) in [5.74, 6) is 1.03. The number of fused-ring (bicyclic) bond motifs is 5. The zero-order valence-electron chi connectivity index (χ0n) is 14.1. The van der Waals surface area contributed by atoms with Gasteiger partial charge in [0.2, 0.25) is 0 Å². The molecule has 24 heavy (non-hydrogen) atoms. The van der Waals surface area contributed by atoms with Crippen molar-refractivity contribution in [3.05, 3.63) is 22.1 Å². The smallest absolute Gasteiger partial charge is 0.152 e. The first kappa shape index (κ1) is 14.9. The van der Waals surface area contributed by atoms with Gasteiger partial charge in [-0.1, -0.05) is 6.08 Å². The van der Waals surface area contributed by atoms with Gasteiger partial charge in [0.1, 0.15) is 23.9 Å². The molecule has 0 bridgehead atoms. The number of hydrogen-bond acceptors (Lipinski definition) is 7. The van der Waals surface area contributed by atoms with Crippen molar-refractivity contribution in [2.45, 2.75) is 51.0 Å². The lowest BCUT2D eigenvalue weighted by atomic mass is 10.0. The van der Waals surface area contributed by atoms with Gasteiger partial charge >= 0.3 is 0 Å². The highest BCUT2D eigenvalue weighted by atomic mass is 32.1. The van der Waals surface area contributed by atoms with Gasteiger partial charge in [0.15, 0.2) is 5.84 Å². The number of nitrogens with one attached hydrogen (secondary N) is 3. The molecule has 2 atom stereocenters. The summed E-state index contributed by atoms with van der Waals surface area (Å²) in [6.07, 6.45) is 6.79. The maximum Gasteiger partial charge on any atom is 0.152 e. The SMILES string of the molecule is CC1(C)COC(C2NCc3c(sc4c3CCC=C4)N3CNN=C23)N1. The fourth-order valence-corrected chi connectivity index (χ4v) is 5.27. The standard InChI is InChI=1S/C17H23N5OS/c1-17(2)8-23-15(20-17)13-14-21-19-9-22(14)16-11(7-18-13)10-5-3-4-6-12(10)24-16/h4,6,13,15,18-20H,3,5,7-9H2,1-2H3. The average Bonchev–Trinajstić information content (AvgIpc) is 3.23. The third-order valence-electron chi connectivity index (χ3n) is 5.14. The van der Waals surface area contributed by atoms with Crippen molar-refractivity contribution in [2.24, 2.45) is 5.10 Å². The Hall–Kier alpha value is -1.41. The highest BCUT2D eigenvalue weighted by Crippen LogP contribution is 2.41. The Balaban J connectivity index is 1.51. The Bertz CT molecular complexity index is 738. The Morgan fingerprint density at radius 2 is 2.29 bits per heavy atom. The van der Waals surface area contributed by atoms with E-state index in [1.54, 1.807) is 0 Å². The first-order chi connectivity index (χ1) is 11.6. The minimum absolute atomic E-state index is 0.00480. The van der Waals surface area contributed by atoms with Gasteiger partial charge in [0, 0.05) is 22.5 Å². The molecule has 128 valence electrons. The van der Waals surface area contributed by atoms with Crippen molar-refractivity contribution in [2.75, 3.05) is 18.2 Å². The van der Waals surface area contributed by atoms with Crippen LogP contribution in [-0.4, -0.2) is 36.9 Å². The summed E-state index contributed by atoms with van der Waals surface area (Å²) in [5, 5.41) is 13.2. The van der Waals surface area contributed by atoms with Crippen molar-refractivity contribution in [1.29, 1.82) is 0 Å². The van der Waals surface area contributed by atoms with E-state index in [1.165, 1.54) is 21.0 Å². The number of nitrogens with zero attached hydrogens (tertiary/aromatic N) is 2. The number of thiophene rings is 1. The van der Waals surface area contributed by atoms with Crippen molar-refractivity contribution in [1.82, 2.24) is 16.1 Å². The van der Waals surface area contributed by atoms with Crippen LogP contribution in [0.25, 0.3) is 6.08 Å². The maximum atomic E-state index is 6.04. The van der Waals surface area contributed by atoms with Gasteiger partial charge in [-0.3, -0.25) is 21.0 Å². The first-order valence-electron chi connectivity index (χ1n) is 8.64. The molecule has 0 aromatic carbocycles. The van der Waals surface area contributed by atoms with Crippen LogP contribution in [0.3, 0.4) is 0 Å². The van der Waals surface area contributed by atoms with E-state index in [0.717, 1.165) is 38.5 Å². The van der Waals surface area contributed by atoms with Crippen LogP contribution < -0.4 is 21.0 Å². The van der Waals surface area contributed by atoms with Gasteiger partial charge in [-0.2, -0.15) is 5.10 Å². The minimum atomic E-state index is -0.0501. The molecular weight excluding hydrogens is 322 g/mol. The molecule has 0 amide bonds. The van der Waals surface area contributed by atoms with Gasteiger partial charge < -0.3 is 4.74 Å². The monoisotopic (exact) mass is 345 g/mol. The summed E-state index contributed by atoms with van der Waals surface area (Å²) in [6.45, 7) is 6.68. The normalized spacial score (nSPS) is 30.2. The molecule has 0 saturated carbocycles. The highest BCUT2D eigenvalue weighted by molar-refractivity contribution is 7.17. The van der Waals surface area contributed by atoms with Crippen LogP contribution in [-0.2, 0) is 17.7 Å². The van der Waals surface area contributed by atoms with Crippen molar-refractivity contribution < 1.29 is 4.74 Å². The topological polar surface area (TPSA) is 60.9 Å². The number of ether oxygens (including phenoxy) is 1. The van der Waals surface area contributed by atoms with E-state index in [-0.39, 0.29) is 17.8 Å². The van der Waals surface area contributed by atoms with Gasteiger partial charge in [0.25, 0.3) is 0 Å². The average molecular weight is 345 g/mol. The lowest BCUT2D eigenvalue weighted by Crippen LogP contribution is -2.55. The van der Waals surface area contributed by atoms with Crippen molar-refractivity contribution in [3.8, 4) is 0 Å². The lowest BCUT2D eigenvalue weighted by Gasteiger charge is -2.27. The van der Waals surface area contributed by atoms with Crippen LogP contribution in [0, 0.1) is 0 Å². The van der Waals surface area contributed by atoms with Gasteiger partial charge in [0.05, 0.1) is 6.61 Å². The van der Waals surface area contributed by atoms with Crippen LogP contribution in [0.2, 0.25) is 0 Å². The second kappa shape index (κ2) is 5.29. The molecule has 0 radical (unpaired) electrons. The lowest BCUT2D eigenvalue weighted by molar-refractivity contribution is 0.0837. The molecule has 1 saturated heterocycles. The molecule has 0 spiro atoms.